The number of nitriles is 2. The van der Waals surface area contributed by atoms with Crippen LogP contribution in [-0.2, 0) is 0 Å². The summed E-state index contributed by atoms with van der Waals surface area (Å²) in [5.74, 6) is 0.576. The molecule has 0 spiro atoms. The molecule has 0 aliphatic carbocycles. The number of ether oxygens (including phenoxy) is 2. The number of hydrogen-bond acceptors (Lipinski definition) is 8. The molecule has 0 fully saturated rings. The number of rotatable bonds is 4. The Kier molecular flexibility index (Phi) is 4.25. The fourth-order valence-corrected chi connectivity index (χ4v) is 1.92. The summed E-state index contributed by atoms with van der Waals surface area (Å²) in [6.45, 7) is -0.189. The molecule has 0 atom stereocenters. The van der Waals surface area contributed by atoms with Crippen LogP contribution in [0.1, 0.15) is 5.56 Å². The normalized spacial score (nSPS) is 9.59. The predicted octanol–water partition coefficient (Wildman–Crippen LogP) is 1.09. The van der Waals surface area contributed by atoms with Gasteiger partial charge in [-0.25, -0.2) is 4.98 Å². The second-order valence-electron chi connectivity index (χ2n) is 4.09. The topological polar surface area (TPSA) is 144 Å². The van der Waals surface area contributed by atoms with Gasteiger partial charge in [-0.2, -0.15) is 15.5 Å². The van der Waals surface area contributed by atoms with Crippen molar-refractivity contribution in [1.29, 1.82) is 10.5 Å². The van der Waals surface area contributed by atoms with E-state index >= 15 is 0 Å². The average Bonchev–Trinajstić information content (AvgIpc) is 2.51. The van der Waals surface area contributed by atoms with Crippen LogP contribution in [0.25, 0.3) is 11.3 Å². The molecular formula is C14H12N6O2. The molecule has 8 nitrogen and oxygen atoms in total. The second kappa shape index (κ2) is 6.29. The van der Waals surface area contributed by atoms with Gasteiger partial charge in [0, 0.05) is 5.56 Å². The maximum absolute atomic E-state index is 9.27. The van der Waals surface area contributed by atoms with Crippen LogP contribution in [0, 0.1) is 22.7 Å². The lowest BCUT2D eigenvalue weighted by Gasteiger charge is -2.14. The van der Waals surface area contributed by atoms with E-state index in [0.717, 1.165) is 0 Å². The lowest BCUT2D eigenvalue weighted by Crippen LogP contribution is -2.06. The minimum absolute atomic E-state index is 0.0287. The van der Waals surface area contributed by atoms with E-state index in [0.29, 0.717) is 11.3 Å². The van der Waals surface area contributed by atoms with E-state index in [1.165, 1.54) is 7.11 Å². The molecule has 0 radical (unpaired) electrons. The molecule has 0 aliphatic heterocycles. The third kappa shape index (κ3) is 2.67. The number of nitrogen functional groups attached to an aromatic ring is 2. The van der Waals surface area contributed by atoms with Crippen LogP contribution in [0.5, 0.6) is 11.5 Å². The highest BCUT2D eigenvalue weighted by molar-refractivity contribution is 5.79. The molecule has 22 heavy (non-hydrogen) atoms. The van der Waals surface area contributed by atoms with Gasteiger partial charge in [-0.1, -0.05) is 6.07 Å². The molecule has 2 rings (SSSR count). The van der Waals surface area contributed by atoms with E-state index in [1.807, 2.05) is 12.1 Å². The molecule has 1 aromatic carbocycles. The van der Waals surface area contributed by atoms with Gasteiger partial charge in [0.25, 0.3) is 0 Å². The van der Waals surface area contributed by atoms with Crippen molar-refractivity contribution >= 4 is 11.8 Å². The summed E-state index contributed by atoms with van der Waals surface area (Å²) < 4.78 is 10.6. The van der Waals surface area contributed by atoms with E-state index in [2.05, 4.69) is 9.97 Å². The standard InChI is InChI=1S/C14H12N6O2/c1-21-10-4-2-3-8(12(10)22-6-5-15)11-9(7-16)13(17)20-14(18)19-11/h2-4H,6H2,1H3,(H4,17,18,19,20). The molecule has 110 valence electrons. The smallest absolute Gasteiger partial charge is 0.222 e. The molecule has 0 bridgehead atoms. The number of benzene rings is 1. The van der Waals surface area contributed by atoms with Crippen molar-refractivity contribution in [2.24, 2.45) is 0 Å². The number of nitrogens with zero attached hydrogens (tertiary/aromatic N) is 4. The maximum Gasteiger partial charge on any atom is 0.222 e. The van der Waals surface area contributed by atoms with Crippen LogP contribution in [0.2, 0.25) is 0 Å². The Balaban J connectivity index is 2.73. The van der Waals surface area contributed by atoms with E-state index in [1.54, 1.807) is 18.2 Å². The van der Waals surface area contributed by atoms with Crippen molar-refractivity contribution < 1.29 is 9.47 Å². The first-order valence-corrected chi connectivity index (χ1v) is 6.12. The lowest BCUT2D eigenvalue weighted by atomic mass is 10.1. The van der Waals surface area contributed by atoms with Crippen molar-refractivity contribution in [3.63, 3.8) is 0 Å². The molecular weight excluding hydrogens is 284 g/mol. The number of aromatic nitrogens is 2. The van der Waals surface area contributed by atoms with Crippen molar-refractivity contribution in [3.05, 3.63) is 23.8 Å². The predicted molar refractivity (Wildman–Crippen MR) is 78.7 cm³/mol. The fourth-order valence-electron chi connectivity index (χ4n) is 1.92. The average molecular weight is 296 g/mol. The number of methoxy groups -OCH3 is 1. The SMILES string of the molecule is COc1cccc(-c2nc(N)nc(N)c2C#N)c1OCC#N. The Morgan fingerprint density at radius 3 is 2.64 bits per heavy atom. The maximum atomic E-state index is 9.27. The summed E-state index contributed by atoms with van der Waals surface area (Å²) in [5.41, 5.74) is 12.0. The van der Waals surface area contributed by atoms with E-state index in [9.17, 15) is 5.26 Å². The summed E-state index contributed by atoms with van der Waals surface area (Å²) in [6, 6.07) is 8.84. The monoisotopic (exact) mass is 296 g/mol. The largest absolute Gasteiger partial charge is 0.493 e. The van der Waals surface area contributed by atoms with Gasteiger partial charge in [0.2, 0.25) is 5.95 Å². The van der Waals surface area contributed by atoms with E-state index < -0.39 is 0 Å². The summed E-state index contributed by atoms with van der Waals surface area (Å²) in [5, 5.41) is 18.0. The van der Waals surface area contributed by atoms with E-state index in [-0.39, 0.29) is 35.4 Å². The van der Waals surface area contributed by atoms with Crippen molar-refractivity contribution in [3.8, 4) is 34.9 Å². The first-order chi connectivity index (χ1) is 10.6. The highest BCUT2D eigenvalue weighted by Crippen LogP contribution is 2.39. The van der Waals surface area contributed by atoms with Gasteiger partial charge in [0.1, 0.15) is 23.5 Å². The number of para-hydroxylation sites is 1. The van der Waals surface area contributed by atoms with Gasteiger partial charge in [-0.15, -0.1) is 0 Å². The van der Waals surface area contributed by atoms with Crippen LogP contribution in [0.3, 0.4) is 0 Å². The minimum atomic E-state index is -0.189. The zero-order chi connectivity index (χ0) is 16.1. The van der Waals surface area contributed by atoms with Gasteiger partial charge < -0.3 is 20.9 Å². The fraction of sp³-hybridized carbons (Fsp3) is 0.143. The number of nitrogens with two attached hydrogens (primary N) is 2. The Hall–Kier alpha value is -3.52. The highest BCUT2D eigenvalue weighted by Gasteiger charge is 2.19. The van der Waals surface area contributed by atoms with Crippen molar-refractivity contribution in [2.75, 3.05) is 25.2 Å². The molecule has 0 saturated heterocycles. The molecule has 2 aromatic rings. The Labute approximate surface area is 126 Å². The molecule has 1 heterocycles. The first-order valence-electron chi connectivity index (χ1n) is 6.12. The molecule has 4 N–H and O–H groups in total. The van der Waals surface area contributed by atoms with Gasteiger partial charge >= 0.3 is 0 Å². The van der Waals surface area contributed by atoms with Crippen molar-refractivity contribution in [1.82, 2.24) is 9.97 Å². The highest BCUT2D eigenvalue weighted by atomic mass is 16.5. The van der Waals surface area contributed by atoms with Crippen LogP contribution in [-0.4, -0.2) is 23.7 Å². The van der Waals surface area contributed by atoms with Gasteiger partial charge in [-0.3, -0.25) is 0 Å². The molecule has 0 saturated carbocycles. The van der Waals surface area contributed by atoms with Gasteiger partial charge in [-0.05, 0) is 12.1 Å². The third-order valence-corrected chi connectivity index (χ3v) is 2.80. The van der Waals surface area contributed by atoms with Crippen LogP contribution in [0.15, 0.2) is 18.2 Å². The quantitative estimate of drug-likeness (QED) is 0.852. The summed E-state index contributed by atoms with van der Waals surface area (Å²) in [4.78, 5) is 7.83. The zero-order valence-electron chi connectivity index (χ0n) is 11.7. The summed E-state index contributed by atoms with van der Waals surface area (Å²) >= 11 is 0. The third-order valence-electron chi connectivity index (χ3n) is 2.80. The Bertz CT molecular complexity index is 791. The van der Waals surface area contributed by atoms with Crippen LogP contribution in [0.4, 0.5) is 11.8 Å². The molecule has 0 aliphatic rings. The number of anilines is 2. The first kappa shape index (κ1) is 14.9. The zero-order valence-corrected chi connectivity index (χ0v) is 11.7. The molecule has 1 aromatic heterocycles. The lowest BCUT2D eigenvalue weighted by molar-refractivity contribution is 0.331. The number of hydrogen-bond donors (Lipinski definition) is 2. The Morgan fingerprint density at radius 2 is 2.00 bits per heavy atom. The van der Waals surface area contributed by atoms with Crippen LogP contribution < -0.4 is 20.9 Å². The van der Waals surface area contributed by atoms with Crippen molar-refractivity contribution in [2.45, 2.75) is 0 Å². The summed E-state index contributed by atoms with van der Waals surface area (Å²) in [6.07, 6.45) is 0. The van der Waals surface area contributed by atoms with Gasteiger partial charge in [0.15, 0.2) is 18.1 Å². The Morgan fingerprint density at radius 1 is 1.23 bits per heavy atom. The second-order valence-corrected chi connectivity index (χ2v) is 4.09. The molecule has 0 amide bonds. The minimum Gasteiger partial charge on any atom is -0.493 e. The van der Waals surface area contributed by atoms with Gasteiger partial charge in [0.05, 0.1) is 12.8 Å². The van der Waals surface area contributed by atoms with E-state index in [4.69, 9.17) is 26.2 Å². The van der Waals surface area contributed by atoms with Crippen LogP contribution >= 0.6 is 0 Å². The summed E-state index contributed by atoms with van der Waals surface area (Å²) in [7, 11) is 1.46. The molecule has 0 unspecified atom stereocenters. The molecule has 8 heteroatoms.